The van der Waals surface area contributed by atoms with Crippen LogP contribution in [0.15, 0.2) is 12.1 Å². The highest BCUT2D eigenvalue weighted by atomic mass is 16.5. The SMILES string of the molecule is CC#CC(C)C(C)c1c(C)cc(OCC)cc1C. The van der Waals surface area contributed by atoms with Crippen molar-refractivity contribution < 1.29 is 4.74 Å². The lowest BCUT2D eigenvalue weighted by Crippen LogP contribution is -2.08. The van der Waals surface area contributed by atoms with E-state index in [9.17, 15) is 0 Å². The minimum absolute atomic E-state index is 0.380. The summed E-state index contributed by atoms with van der Waals surface area (Å²) in [6.07, 6.45) is 0. The standard InChI is InChI=1S/C17H24O/c1-7-9-12(3)15(6)17-13(4)10-16(18-8-2)11-14(17)5/h10-12,15H,8H2,1-6H3. The first-order chi connectivity index (χ1) is 8.51. The van der Waals surface area contributed by atoms with E-state index in [1.807, 2.05) is 13.8 Å². The largest absolute Gasteiger partial charge is 0.494 e. The van der Waals surface area contributed by atoms with E-state index in [1.54, 1.807) is 0 Å². The maximum absolute atomic E-state index is 5.58. The Hall–Kier alpha value is -1.42. The first-order valence-corrected chi connectivity index (χ1v) is 6.67. The van der Waals surface area contributed by atoms with Gasteiger partial charge in [0, 0.05) is 5.92 Å². The van der Waals surface area contributed by atoms with E-state index in [2.05, 4.69) is 51.7 Å². The van der Waals surface area contributed by atoms with E-state index in [1.165, 1.54) is 16.7 Å². The summed E-state index contributed by atoms with van der Waals surface area (Å²) in [5.74, 6) is 8.07. The molecule has 0 bridgehead atoms. The topological polar surface area (TPSA) is 9.23 Å². The zero-order chi connectivity index (χ0) is 13.7. The second-order valence-electron chi connectivity index (χ2n) is 4.88. The second kappa shape index (κ2) is 6.50. The van der Waals surface area contributed by atoms with Gasteiger partial charge in [-0.2, -0.15) is 0 Å². The van der Waals surface area contributed by atoms with Crippen LogP contribution >= 0.6 is 0 Å². The molecule has 18 heavy (non-hydrogen) atoms. The fourth-order valence-electron chi connectivity index (χ4n) is 2.51. The number of hydrogen-bond donors (Lipinski definition) is 0. The first-order valence-electron chi connectivity index (χ1n) is 6.67. The predicted octanol–water partition coefficient (Wildman–Crippen LogP) is 4.47. The Labute approximate surface area is 112 Å². The zero-order valence-corrected chi connectivity index (χ0v) is 12.4. The lowest BCUT2D eigenvalue weighted by atomic mass is 9.84. The van der Waals surface area contributed by atoms with Gasteiger partial charge in [-0.3, -0.25) is 0 Å². The summed E-state index contributed by atoms with van der Waals surface area (Å²) >= 11 is 0. The van der Waals surface area contributed by atoms with Crippen molar-refractivity contribution in [2.75, 3.05) is 6.61 Å². The maximum Gasteiger partial charge on any atom is 0.119 e. The van der Waals surface area contributed by atoms with Crippen LogP contribution in [0.1, 0.15) is 50.3 Å². The predicted molar refractivity (Wildman–Crippen MR) is 78.1 cm³/mol. The van der Waals surface area contributed by atoms with Crippen LogP contribution in [0.5, 0.6) is 5.75 Å². The molecule has 0 aliphatic heterocycles. The van der Waals surface area contributed by atoms with Gasteiger partial charge in [0.1, 0.15) is 5.75 Å². The van der Waals surface area contributed by atoms with Crippen LogP contribution in [0.4, 0.5) is 0 Å². The molecule has 0 aromatic heterocycles. The Kier molecular flexibility index (Phi) is 5.28. The quantitative estimate of drug-likeness (QED) is 0.710. The molecule has 98 valence electrons. The van der Waals surface area contributed by atoms with Crippen molar-refractivity contribution in [3.8, 4) is 17.6 Å². The van der Waals surface area contributed by atoms with Gasteiger partial charge in [0.15, 0.2) is 0 Å². The molecule has 0 spiro atoms. The van der Waals surface area contributed by atoms with Crippen LogP contribution in [0, 0.1) is 31.6 Å². The first kappa shape index (κ1) is 14.6. The van der Waals surface area contributed by atoms with Gasteiger partial charge in [0.2, 0.25) is 0 Å². The molecule has 1 heteroatoms. The average Bonchev–Trinajstić information content (AvgIpc) is 2.28. The molecule has 2 atom stereocenters. The number of hydrogen-bond acceptors (Lipinski definition) is 1. The van der Waals surface area contributed by atoms with Crippen molar-refractivity contribution in [3.05, 3.63) is 28.8 Å². The van der Waals surface area contributed by atoms with E-state index in [4.69, 9.17) is 4.74 Å². The number of aryl methyl sites for hydroxylation is 2. The Morgan fingerprint density at radius 2 is 1.72 bits per heavy atom. The molecule has 0 saturated carbocycles. The van der Waals surface area contributed by atoms with E-state index in [-0.39, 0.29) is 0 Å². The molecule has 0 aliphatic rings. The van der Waals surface area contributed by atoms with Crippen LogP contribution in [0.3, 0.4) is 0 Å². The molecule has 1 nitrogen and oxygen atoms in total. The lowest BCUT2D eigenvalue weighted by Gasteiger charge is -2.21. The molecule has 0 aliphatic carbocycles. The molecule has 0 amide bonds. The molecule has 1 rings (SSSR count). The number of benzene rings is 1. The summed E-state index contributed by atoms with van der Waals surface area (Å²) in [5.41, 5.74) is 4.01. The summed E-state index contributed by atoms with van der Waals surface area (Å²) in [5, 5.41) is 0. The minimum atomic E-state index is 0.380. The third-order valence-electron chi connectivity index (χ3n) is 3.46. The van der Waals surface area contributed by atoms with Crippen molar-refractivity contribution in [2.24, 2.45) is 5.92 Å². The van der Waals surface area contributed by atoms with Gasteiger partial charge in [0.25, 0.3) is 0 Å². The summed E-state index contributed by atoms with van der Waals surface area (Å²) in [4.78, 5) is 0. The normalized spacial score (nSPS) is 13.4. The second-order valence-corrected chi connectivity index (χ2v) is 4.88. The molecule has 0 N–H and O–H groups in total. The summed E-state index contributed by atoms with van der Waals surface area (Å²) in [6.45, 7) is 13.4. The molecule has 0 fully saturated rings. The average molecular weight is 244 g/mol. The van der Waals surface area contributed by atoms with Crippen LogP contribution in [0.2, 0.25) is 0 Å². The fourth-order valence-corrected chi connectivity index (χ4v) is 2.51. The Balaban J connectivity index is 3.12. The third-order valence-corrected chi connectivity index (χ3v) is 3.46. The highest BCUT2D eigenvalue weighted by Gasteiger charge is 2.17. The fraction of sp³-hybridized carbons (Fsp3) is 0.529. The monoisotopic (exact) mass is 244 g/mol. The van der Waals surface area contributed by atoms with Crippen molar-refractivity contribution in [1.29, 1.82) is 0 Å². The van der Waals surface area contributed by atoms with Crippen molar-refractivity contribution in [3.63, 3.8) is 0 Å². The van der Waals surface area contributed by atoms with Crippen LogP contribution in [0.25, 0.3) is 0 Å². The maximum atomic E-state index is 5.58. The highest BCUT2D eigenvalue weighted by Crippen LogP contribution is 2.32. The molecule has 0 radical (unpaired) electrons. The summed E-state index contributed by atoms with van der Waals surface area (Å²) in [7, 11) is 0. The zero-order valence-electron chi connectivity index (χ0n) is 12.4. The van der Waals surface area contributed by atoms with Crippen LogP contribution < -0.4 is 4.74 Å². The van der Waals surface area contributed by atoms with E-state index < -0.39 is 0 Å². The summed E-state index contributed by atoms with van der Waals surface area (Å²) < 4.78 is 5.58. The minimum Gasteiger partial charge on any atom is -0.494 e. The third kappa shape index (κ3) is 3.29. The Bertz CT molecular complexity index is 439. The number of ether oxygens (including phenoxy) is 1. The van der Waals surface area contributed by atoms with Crippen molar-refractivity contribution >= 4 is 0 Å². The molecular formula is C17H24O. The van der Waals surface area contributed by atoms with E-state index in [0.29, 0.717) is 18.4 Å². The molecule has 0 heterocycles. The number of rotatable bonds is 4. The molecule has 1 aromatic rings. The van der Waals surface area contributed by atoms with Gasteiger partial charge >= 0.3 is 0 Å². The Morgan fingerprint density at radius 3 is 2.17 bits per heavy atom. The molecule has 1 aromatic carbocycles. The van der Waals surface area contributed by atoms with Gasteiger partial charge in [0.05, 0.1) is 6.61 Å². The molecular weight excluding hydrogens is 220 g/mol. The van der Waals surface area contributed by atoms with Gasteiger partial charge in [-0.05, 0) is 62.4 Å². The van der Waals surface area contributed by atoms with Gasteiger partial charge in [-0.15, -0.1) is 5.92 Å². The molecule has 0 saturated heterocycles. The van der Waals surface area contributed by atoms with Gasteiger partial charge in [-0.1, -0.05) is 19.8 Å². The smallest absolute Gasteiger partial charge is 0.119 e. The van der Waals surface area contributed by atoms with Gasteiger partial charge in [-0.25, -0.2) is 0 Å². The lowest BCUT2D eigenvalue weighted by molar-refractivity contribution is 0.339. The van der Waals surface area contributed by atoms with E-state index in [0.717, 1.165) is 5.75 Å². The molecule has 2 unspecified atom stereocenters. The van der Waals surface area contributed by atoms with Gasteiger partial charge < -0.3 is 4.74 Å². The highest BCUT2D eigenvalue weighted by molar-refractivity contribution is 5.43. The van der Waals surface area contributed by atoms with Crippen LogP contribution in [-0.2, 0) is 0 Å². The van der Waals surface area contributed by atoms with Crippen molar-refractivity contribution in [1.82, 2.24) is 0 Å². The van der Waals surface area contributed by atoms with Crippen LogP contribution in [-0.4, -0.2) is 6.61 Å². The Morgan fingerprint density at radius 1 is 1.17 bits per heavy atom. The summed E-state index contributed by atoms with van der Waals surface area (Å²) in [6, 6.07) is 4.27. The van der Waals surface area contributed by atoms with Crippen molar-refractivity contribution in [2.45, 2.75) is 47.5 Å². The van der Waals surface area contributed by atoms with E-state index >= 15 is 0 Å².